The number of aromatic carboxylic acids is 1. The summed E-state index contributed by atoms with van der Waals surface area (Å²) in [5, 5.41) is 11.4. The van der Waals surface area contributed by atoms with E-state index in [0.717, 1.165) is 5.56 Å². The summed E-state index contributed by atoms with van der Waals surface area (Å²) >= 11 is 6.16. The molecule has 0 spiro atoms. The Morgan fingerprint density at radius 2 is 2.15 bits per heavy atom. The van der Waals surface area contributed by atoms with Crippen molar-refractivity contribution in [3.05, 3.63) is 52.3 Å². The number of benzene rings is 1. The van der Waals surface area contributed by atoms with Gasteiger partial charge in [-0.2, -0.15) is 0 Å². The van der Waals surface area contributed by atoms with Crippen LogP contribution in [0.25, 0.3) is 6.08 Å². The molecule has 1 aromatic heterocycles. The molecule has 134 valence electrons. The lowest BCUT2D eigenvalue weighted by molar-refractivity contribution is -0.115. The van der Waals surface area contributed by atoms with Gasteiger partial charge in [-0.3, -0.25) is 4.79 Å². The van der Waals surface area contributed by atoms with Crippen molar-refractivity contribution in [2.75, 3.05) is 7.11 Å². The highest BCUT2D eigenvalue weighted by Gasteiger charge is 2.22. The van der Waals surface area contributed by atoms with Crippen LogP contribution >= 0.6 is 24.0 Å². The first-order valence-electron chi connectivity index (χ1n) is 7.34. The zero-order chi connectivity index (χ0) is 18.7. The highest BCUT2D eigenvalue weighted by molar-refractivity contribution is 8.26. The molecule has 3 rings (SSSR count). The SMILES string of the molecule is COc1cc(/C=C2\SC(=S)NC2=O)ccc1OCc1ccc(C(=O)O)o1. The highest BCUT2D eigenvalue weighted by atomic mass is 32.2. The van der Waals surface area contributed by atoms with E-state index >= 15 is 0 Å². The number of hydrogen-bond donors (Lipinski definition) is 2. The Kier molecular flexibility index (Phi) is 5.29. The van der Waals surface area contributed by atoms with Crippen molar-refractivity contribution in [3.63, 3.8) is 0 Å². The number of methoxy groups -OCH3 is 1. The summed E-state index contributed by atoms with van der Waals surface area (Å²) in [6.07, 6.45) is 1.71. The molecule has 0 radical (unpaired) electrons. The van der Waals surface area contributed by atoms with Crippen LogP contribution in [0.15, 0.2) is 39.7 Å². The minimum absolute atomic E-state index is 0.0522. The van der Waals surface area contributed by atoms with Crippen molar-refractivity contribution in [1.82, 2.24) is 5.32 Å². The minimum atomic E-state index is -1.14. The molecule has 1 saturated heterocycles. The maximum absolute atomic E-state index is 11.7. The highest BCUT2D eigenvalue weighted by Crippen LogP contribution is 2.32. The summed E-state index contributed by atoms with van der Waals surface area (Å²) < 4.78 is 16.5. The molecule has 7 nitrogen and oxygen atoms in total. The third kappa shape index (κ3) is 4.06. The van der Waals surface area contributed by atoms with Crippen molar-refractivity contribution in [3.8, 4) is 11.5 Å². The van der Waals surface area contributed by atoms with Gasteiger partial charge in [-0.25, -0.2) is 4.79 Å². The van der Waals surface area contributed by atoms with Gasteiger partial charge >= 0.3 is 5.97 Å². The molecule has 0 atom stereocenters. The van der Waals surface area contributed by atoms with E-state index in [1.54, 1.807) is 24.3 Å². The summed E-state index contributed by atoms with van der Waals surface area (Å²) in [7, 11) is 1.50. The number of ether oxygens (including phenoxy) is 2. The van der Waals surface area contributed by atoms with Crippen LogP contribution < -0.4 is 14.8 Å². The van der Waals surface area contributed by atoms with E-state index < -0.39 is 5.97 Å². The Labute approximate surface area is 158 Å². The number of carboxylic acids is 1. The molecule has 1 aliphatic rings. The second kappa shape index (κ2) is 7.63. The van der Waals surface area contributed by atoms with E-state index in [9.17, 15) is 9.59 Å². The third-order valence-electron chi connectivity index (χ3n) is 3.37. The Balaban J connectivity index is 1.74. The number of furan rings is 1. The number of thioether (sulfide) groups is 1. The maximum atomic E-state index is 11.7. The molecule has 26 heavy (non-hydrogen) atoms. The lowest BCUT2D eigenvalue weighted by atomic mass is 10.2. The van der Waals surface area contributed by atoms with Crippen molar-refractivity contribution < 1.29 is 28.6 Å². The van der Waals surface area contributed by atoms with Crippen molar-refractivity contribution in [2.45, 2.75) is 6.61 Å². The minimum Gasteiger partial charge on any atom is -0.493 e. The first kappa shape index (κ1) is 18.0. The van der Waals surface area contributed by atoms with Gasteiger partial charge in [0.2, 0.25) is 5.76 Å². The predicted octanol–water partition coefficient (Wildman–Crippen LogP) is 3.05. The first-order valence-corrected chi connectivity index (χ1v) is 8.56. The van der Waals surface area contributed by atoms with E-state index in [1.165, 1.54) is 31.0 Å². The van der Waals surface area contributed by atoms with Gasteiger partial charge in [0.1, 0.15) is 16.7 Å². The third-order valence-corrected chi connectivity index (χ3v) is 4.53. The average molecular weight is 391 g/mol. The maximum Gasteiger partial charge on any atom is 0.371 e. The van der Waals surface area contributed by atoms with Crippen LogP contribution in [0.1, 0.15) is 21.9 Å². The predicted molar refractivity (Wildman–Crippen MR) is 99.3 cm³/mol. The fourth-order valence-corrected chi connectivity index (χ4v) is 3.23. The molecule has 1 fully saturated rings. The van der Waals surface area contributed by atoms with Gasteiger partial charge in [-0.15, -0.1) is 0 Å². The van der Waals surface area contributed by atoms with Crippen LogP contribution in [0.2, 0.25) is 0 Å². The van der Waals surface area contributed by atoms with Gasteiger partial charge < -0.3 is 24.3 Å². The Morgan fingerprint density at radius 1 is 1.35 bits per heavy atom. The number of carbonyl (C=O) groups is 2. The molecule has 2 N–H and O–H groups in total. The van der Waals surface area contributed by atoms with Crippen LogP contribution in [0.4, 0.5) is 0 Å². The summed E-state index contributed by atoms with van der Waals surface area (Å²) in [4.78, 5) is 23.0. The molecule has 0 saturated carbocycles. The Hall–Kier alpha value is -2.78. The molecule has 0 bridgehead atoms. The molecule has 2 heterocycles. The molecular weight excluding hydrogens is 378 g/mol. The summed E-state index contributed by atoms with van der Waals surface area (Å²) in [5.74, 6) is -0.214. The van der Waals surface area contributed by atoms with E-state index in [1.807, 2.05) is 0 Å². The first-order chi connectivity index (χ1) is 12.5. The van der Waals surface area contributed by atoms with Crippen molar-refractivity contribution in [2.24, 2.45) is 0 Å². The van der Waals surface area contributed by atoms with E-state index in [0.29, 0.717) is 26.5 Å². The molecule has 2 aromatic rings. The van der Waals surface area contributed by atoms with Crippen LogP contribution in [0.5, 0.6) is 11.5 Å². The molecule has 1 aromatic carbocycles. The molecule has 9 heteroatoms. The second-order valence-electron chi connectivity index (χ2n) is 5.12. The number of amides is 1. The Bertz CT molecular complexity index is 918. The number of rotatable bonds is 6. The molecule has 0 unspecified atom stereocenters. The quantitative estimate of drug-likeness (QED) is 0.573. The monoisotopic (exact) mass is 391 g/mol. The standard InChI is InChI=1S/C17H13NO6S2/c1-22-13-6-9(7-14-15(19)18-17(25)26-14)2-4-11(13)23-8-10-3-5-12(24-10)16(20)21/h2-7H,8H2,1H3,(H,20,21)(H,18,19,25)/b14-7-. The smallest absolute Gasteiger partial charge is 0.371 e. The average Bonchev–Trinajstić information content (AvgIpc) is 3.20. The number of thiocarbonyl (C=S) groups is 1. The van der Waals surface area contributed by atoms with Crippen LogP contribution in [-0.4, -0.2) is 28.4 Å². The topological polar surface area (TPSA) is 98.0 Å². The number of carbonyl (C=O) groups excluding carboxylic acids is 1. The molecular formula is C17H13NO6S2. The fraction of sp³-hybridized carbons (Fsp3) is 0.118. The zero-order valence-electron chi connectivity index (χ0n) is 13.5. The normalized spacial score (nSPS) is 15.2. The molecule has 0 aliphatic carbocycles. The number of carboxylic acid groups (broad SMARTS) is 1. The largest absolute Gasteiger partial charge is 0.493 e. The van der Waals surface area contributed by atoms with Gasteiger partial charge in [0.15, 0.2) is 11.5 Å². The van der Waals surface area contributed by atoms with Gasteiger partial charge in [0.05, 0.1) is 12.0 Å². The van der Waals surface area contributed by atoms with Crippen molar-refractivity contribution in [1.29, 1.82) is 0 Å². The van der Waals surface area contributed by atoms with Gasteiger partial charge in [0, 0.05) is 0 Å². The number of nitrogens with one attached hydrogen (secondary N) is 1. The van der Waals surface area contributed by atoms with E-state index in [-0.39, 0.29) is 18.3 Å². The lowest BCUT2D eigenvalue weighted by Crippen LogP contribution is -2.17. The number of hydrogen-bond acceptors (Lipinski definition) is 7. The summed E-state index contributed by atoms with van der Waals surface area (Å²) in [6, 6.07) is 8.09. The second-order valence-corrected chi connectivity index (χ2v) is 6.84. The van der Waals surface area contributed by atoms with Gasteiger partial charge in [-0.1, -0.05) is 30.0 Å². The van der Waals surface area contributed by atoms with Gasteiger partial charge in [0.25, 0.3) is 5.91 Å². The molecule has 1 aliphatic heterocycles. The summed E-state index contributed by atoms with van der Waals surface area (Å²) in [6.45, 7) is 0.0522. The van der Waals surface area contributed by atoms with Crippen molar-refractivity contribution >= 4 is 46.3 Å². The molecule has 1 amide bonds. The van der Waals surface area contributed by atoms with Crippen LogP contribution in [0, 0.1) is 0 Å². The fourth-order valence-electron chi connectivity index (χ4n) is 2.18. The Morgan fingerprint density at radius 3 is 2.77 bits per heavy atom. The zero-order valence-corrected chi connectivity index (χ0v) is 15.1. The lowest BCUT2D eigenvalue weighted by Gasteiger charge is -2.10. The van der Waals surface area contributed by atoms with Crippen LogP contribution in [0.3, 0.4) is 0 Å². The van der Waals surface area contributed by atoms with Gasteiger partial charge in [-0.05, 0) is 35.9 Å². The summed E-state index contributed by atoms with van der Waals surface area (Å²) in [5.41, 5.74) is 0.753. The van der Waals surface area contributed by atoms with E-state index in [4.69, 9.17) is 31.2 Å². The van der Waals surface area contributed by atoms with E-state index in [2.05, 4.69) is 5.32 Å². The van der Waals surface area contributed by atoms with Crippen LogP contribution in [-0.2, 0) is 11.4 Å².